The predicted octanol–water partition coefficient (Wildman–Crippen LogP) is 3.47. The van der Waals surface area contributed by atoms with Gasteiger partial charge in [-0.25, -0.2) is 0 Å². The molecule has 1 aliphatic rings. The first kappa shape index (κ1) is 24.5. The average molecular weight is 459 g/mol. The van der Waals surface area contributed by atoms with Gasteiger partial charge in [0.2, 0.25) is 0 Å². The van der Waals surface area contributed by atoms with Crippen molar-refractivity contribution in [3.05, 3.63) is 41.5 Å². The molecule has 0 aliphatic carbocycles. The molecule has 0 aromatic heterocycles. The van der Waals surface area contributed by atoms with Crippen molar-refractivity contribution in [2.45, 2.75) is 19.3 Å². The quantitative estimate of drug-likeness (QED) is 0.451. The first-order valence-electron chi connectivity index (χ1n) is 11.1. The van der Waals surface area contributed by atoms with Crippen LogP contribution >= 0.6 is 0 Å². The first-order valence-corrected chi connectivity index (χ1v) is 11.1. The summed E-state index contributed by atoms with van der Waals surface area (Å²) in [6.07, 6.45) is 2.82. The second-order valence-corrected chi connectivity index (χ2v) is 8.00. The molecule has 0 unspecified atom stereocenters. The van der Waals surface area contributed by atoms with Gasteiger partial charge in [-0.15, -0.1) is 0 Å². The van der Waals surface area contributed by atoms with Crippen LogP contribution in [0.3, 0.4) is 0 Å². The van der Waals surface area contributed by atoms with Crippen LogP contribution in [0.5, 0.6) is 28.7 Å². The van der Waals surface area contributed by atoms with Crippen molar-refractivity contribution in [3.63, 3.8) is 0 Å². The molecule has 3 rings (SSSR count). The van der Waals surface area contributed by atoms with Crippen LogP contribution in [0, 0.1) is 0 Å². The maximum absolute atomic E-state index is 12.9. The Morgan fingerprint density at radius 3 is 2.24 bits per heavy atom. The first-order chi connectivity index (χ1) is 16.0. The number of nitrogens with zero attached hydrogens (tertiary/aromatic N) is 2. The zero-order chi connectivity index (χ0) is 23.8. The number of ether oxygens (including phenoxy) is 5. The number of methoxy groups -OCH3 is 4. The molecule has 8 heteroatoms. The highest BCUT2D eigenvalue weighted by molar-refractivity contribution is 5.98. The van der Waals surface area contributed by atoms with Gasteiger partial charge in [-0.1, -0.05) is 6.07 Å². The van der Waals surface area contributed by atoms with Crippen LogP contribution < -0.4 is 23.7 Å². The number of hydrogen-bond acceptors (Lipinski definition) is 7. The monoisotopic (exact) mass is 458 g/mol. The fourth-order valence-electron chi connectivity index (χ4n) is 3.84. The Morgan fingerprint density at radius 2 is 1.55 bits per heavy atom. The van der Waals surface area contributed by atoms with Gasteiger partial charge in [-0.05, 0) is 50.6 Å². The second kappa shape index (κ2) is 11.7. The lowest BCUT2D eigenvalue weighted by atomic mass is 10.1. The molecule has 0 saturated heterocycles. The fraction of sp³-hybridized carbons (Fsp3) is 0.480. The topological polar surface area (TPSA) is 69.7 Å². The molecular weight excluding hydrogens is 424 g/mol. The minimum Gasteiger partial charge on any atom is -0.493 e. The summed E-state index contributed by atoms with van der Waals surface area (Å²) in [6, 6.07) is 9.42. The third kappa shape index (κ3) is 6.01. The van der Waals surface area contributed by atoms with Gasteiger partial charge >= 0.3 is 0 Å². The van der Waals surface area contributed by atoms with E-state index in [0.29, 0.717) is 29.4 Å². The van der Waals surface area contributed by atoms with Gasteiger partial charge < -0.3 is 33.5 Å². The van der Waals surface area contributed by atoms with Crippen LogP contribution in [0.4, 0.5) is 0 Å². The molecular formula is C25H34N2O6. The summed E-state index contributed by atoms with van der Waals surface area (Å²) in [5.74, 6) is 3.05. The van der Waals surface area contributed by atoms with Gasteiger partial charge in [0.05, 0.1) is 34.0 Å². The van der Waals surface area contributed by atoms with Gasteiger partial charge in [-0.3, -0.25) is 4.79 Å². The van der Waals surface area contributed by atoms with E-state index in [-0.39, 0.29) is 12.6 Å². The van der Waals surface area contributed by atoms with Crippen LogP contribution in [-0.4, -0.2) is 77.6 Å². The summed E-state index contributed by atoms with van der Waals surface area (Å²) in [5.41, 5.74) is 1.72. The summed E-state index contributed by atoms with van der Waals surface area (Å²) >= 11 is 0. The van der Waals surface area contributed by atoms with Crippen molar-refractivity contribution in [1.82, 2.24) is 9.80 Å². The molecule has 0 bridgehead atoms. The number of carbonyl (C=O) groups excluding carboxylic acids is 1. The lowest BCUT2D eigenvalue weighted by molar-refractivity contribution is 0.0514. The summed E-state index contributed by atoms with van der Waals surface area (Å²) in [6.45, 7) is 2.79. The van der Waals surface area contributed by atoms with Crippen molar-refractivity contribution in [2.24, 2.45) is 0 Å². The Labute approximate surface area is 195 Å². The van der Waals surface area contributed by atoms with Gasteiger partial charge in [0.1, 0.15) is 5.75 Å². The number of carbonyl (C=O) groups is 1. The van der Waals surface area contributed by atoms with Crippen molar-refractivity contribution in [3.8, 4) is 28.7 Å². The van der Waals surface area contributed by atoms with Crippen LogP contribution in [0.25, 0.3) is 0 Å². The van der Waals surface area contributed by atoms with Gasteiger partial charge in [0.15, 0.2) is 29.7 Å². The van der Waals surface area contributed by atoms with E-state index in [2.05, 4.69) is 18.0 Å². The number of amides is 1. The van der Waals surface area contributed by atoms with Crippen LogP contribution in [0.1, 0.15) is 28.8 Å². The highest BCUT2D eigenvalue weighted by Gasteiger charge is 2.27. The Balaban J connectivity index is 1.43. The fourth-order valence-corrected chi connectivity index (χ4v) is 3.84. The summed E-state index contributed by atoms with van der Waals surface area (Å²) < 4.78 is 27.1. The van der Waals surface area contributed by atoms with Crippen molar-refractivity contribution >= 4 is 5.91 Å². The molecule has 180 valence electrons. The molecule has 0 atom stereocenters. The van der Waals surface area contributed by atoms with E-state index in [0.717, 1.165) is 43.9 Å². The molecule has 33 heavy (non-hydrogen) atoms. The lowest BCUT2D eigenvalue weighted by Crippen LogP contribution is -2.39. The molecule has 1 amide bonds. The summed E-state index contributed by atoms with van der Waals surface area (Å²) in [7, 11) is 8.52. The normalized spacial score (nSPS) is 12.9. The maximum atomic E-state index is 12.9. The van der Waals surface area contributed by atoms with E-state index >= 15 is 0 Å². The Kier molecular flexibility index (Phi) is 8.65. The van der Waals surface area contributed by atoms with E-state index in [9.17, 15) is 4.79 Å². The van der Waals surface area contributed by atoms with Crippen LogP contribution in [0.15, 0.2) is 30.3 Å². The smallest absolute Gasteiger partial charge is 0.260 e. The lowest BCUT2D eigenvalue weighted by Gasteiger charge is -2.29. The van der Waals surface area contributed by atoms with E-state index in [1.807, 2.05) is 12.1 Å². The number of rotatable bonds is 12. The molecule has 0 saturated carbocycles. The molecule has 2 aromatic carbocycles. The molecule has 8 nitrogen and oxygen atoms in total. The standard InChI is InChI=1S/C25H34N2O6/c1-26(13-10-18-8-9-20(29-2)22(14-18)30-3)11-6-7-12-27-17-33-21-16-24(32-5)23(31-4)15-19(21)25(27)28/h8-9,14-16H,6-7,10-13,17H2,1-5H3. The second-order valence-electron chi connectivity index (χ2n) is 8.00. The van der Waals surface area contributed by atoms with Crippen molar-refractivity contribution in [1.29, 1.82) is 0 Å². The maximum Gasteiger partial charge on any atom is 0.260 e. The molecule has 1 aliphatic heterocycles. The molecule has 1 heterocycles. The molecule has 0 radical (unpaired) electrons. The number of benzene rings is 2. The zero-order valence-corrected chi connectivity index (χ0v) is 20.2. The van der Waals surface area contributed by atoms with E-state index in [4.69, 9.17) is 23.7 Å². The van der Waals surface area contributed by atoms with Crippen LogP contribution in [0.2, 0.25) is 0 Å². The minimum atomic E-state index is -0.0426. The Morgan fingerprint density at radius 1 is 0.879 bits per heavy atom. The minimum absolute atomic E-state index is 0.0426. The average Bonchev–Trinajstić information content (AvgIpc) is 2.85. The van der Waals surface area contributed by atoms with E-state index in [1.165, 1.54) is 5.56 Å². The van der Waals surface area contributed by atoms with Gasteiger partial charge in [0, 0.05) is 25.2 Å². The van der Waals surface area contributed by atoms with Gasteiger partial charge in [-0.2, -0.15) is 0 Å². The Bertz CT molecular complexity index is 949. The zero-order valence-electron chi connectivity index (χ0n) is 20.2. The number of fused-ring (bicyclic) bond motifs is 1. The highest BCUT2D eigenvalue weighted by atomic mass is 16.5. The third-order valence-corrected chi connectivity index (χ3v) is 5.83. The summed E-state index contributed by atoms with van der Waals surface area (Å²) in [4.78, 5) is 16.9. The molecule has 2 aromatic rings. The SMILES string of the molecule is COc1ccc(CCN(C)CCCCN2COc3cc(OC)c(OC)cc3C2=O)cc1OC. The van der Waals surface area contributed by atoms with Crippen molar-refractivity contribution < 1.29 is 28.5 Å². The third-order valence-electron chi connectivity index (χ3n) is 5.83. The van der Waals surface area contributed by atoms with E-state index < -0.39 is 0 Å². The number of unbranched alkanes of at least 4 members (excludes halogenated alkanes) is 1. The Hall–Kier alpha value is -3.13. The summed E-state index contributed by atoms with van der Waals surface area (Å²) in [5, 5.41) is 0. The van der Waals surface area contributed by atoms with Gasteiger partial charge in [0.25, 0.3) is 5.91 Å². The molecule has 0 N–H and O–H groups in total. The molecule has 0 fully saturated rings. The predicted molar refractivity (Wildman–Crippen MR) is 126 cm³/mol. The number of hydrogen-bond donors (Lipinski definition) is 0. The number of likely N-dealkylation sites (N-methyl/N-ethyl adjacent to an activating group) is 1. The van der Waals surface area contributed by atoms with E-state index in [1.54, 1.807) is 45.5 Å². The van der Waals surface area contributed by atoms with Crippen LogP contribution in [-0.2, 0) is 6.42 Å². The largest absolute Gasteiger partial charge is 0.493 e. The molecule has 0 spiro atoms. The highest BCUT2D eigenvalue weighted by Crippen LogP contribution is 2.37. The van der Waals surface area contributed by atoms with Crippen molar-refractivity contribution in [2.75, 3.05) is 61.9 Å².